The van der Waals surface area contributed by atoms with Crippen molar-refractivity contribution < 1.29 is 27.1 Å². The number of ether oxygens (including phenoxy) is 2. The van der Waals surface area contributed by atoms with Crippen LogP contribution in [0.4, 0.5) is 0 Å². The van der Waals surface area contributed by atoms with E-state index in [1.807, 2.05) is 13.0 Å². The van der Waals surface area contributed by atoms with Crippen LogP contribution in [0.25, 0.3) is 33.6 Å². The first-order valence-corrected chi connectivity index (χ1v) is 17.8. The lowest BCUT2D eigenvalue weighted by Crippen LogP contribution is -2.39. The van der Waals surface area contributed by atoms with Crippen LogP contribution >= 0.6 is 15.9 Å². The van der Waals surface area contributed by atoms with Crippen LogP contribution in [0, 0.1) is 5.41 Å². The number of aryl methyl sites for hydroxylation is 1. The van der Waals surface area contributed by atoms with E-state index in [1.165, 1.54) is 6.92 Å². The van der Waals surface area contributed by atoms with E-state index in [2.05, 4.69) is 69.4 Å². The minimum Gasteiger partial charge on any atom is -0.465 e. The summed E-state index contributed by atoms with van der Waals surface area (Å²) in [5.74, 6) is 1.12. The number of methoxy groups -OCH3 is 1. The third-order valence-electron chi connectivity index (χ3n) is 8.30. The van der Waals surface area contributed by atoms with Gasteiger partial charge in [0.1, 0.15) is 5.76 Å². The van der Waals surface area contributed by atoms with Gasteiger partial charge in [0.2, 0.25) is 5.89 Å². The number of hydrogen-bond donors (Lipinski definition) is 0. The van der Waals surface area contributed by atoms with Crippen LogP contribution in [0.3, 0.4) is 0 Å². The number of sulfone groups is 1. The average molecular weight is 702 g/mol. The largest absolute Gasteiger partial charge is 0.465 e. The molecule has 0 radical (unpaired) electrons. The Kier molecular flexibility index (Phi) is 9.88. The fourth-order valence-corrected chi connectivity index (χ4v) is 7.54. The summed E-state index contributed by atoms with van der Waals surface area (Å²) in [6.45, 7) is 12.2. The summed E-state index contributed by atoms with van der Waals surface area (Å²) in [6.07, 6.45) is 3.82. The molecular formula is C33H41BrN4O6S. The van der Waals surface area contributed by atoms with Gasteiger partial charge in [-0.2, -0.15) is 0 Å². The Morgan fingerprint density at radius 3 is 2.56 bits per heavy atom. The molecule has 4 heterocycles. The van der Waals surface area contributed by atoms with Gasteiger partial charge in [0, 0.05) is 66.2 Å². The summed E-state index contributed by atoms with van der Waals surface area (Å²) >= 11 is 3.68. The van der Waals surface area contributed by atoms with E-state index in [0.717, 1.165) is 50.0 Å². The second kappa shape index (κ2) is 13.4. The highest BCUT2D eigenvalue weighted by Crippen LogP contribution is 2.42. The van der Waals surface area contributed by atoms with Crippen LogP contribution in [-0.2, 0) is 43.6 Å². The summed E-state index contributed by atoms with van der Waals surface area (Å²) in [7, 11) is -1.29. The Hall–Kier alpha value is -3.06. The van der Waals surface area contributed by atoms with Gasteiger partial charge in [-0.15, -0.1) is 0 Å². The smallest absolute Gasteiger partial charge is 0.302 e. The number of carbonyl (C=O) groups is 1. The van der Waals surface area contributed by atoms with Gasteiger partial charge in [-0.3, -0.25) is 14.7 Å². The Morgan fingerprint density at radius 1 is 1.16 bits per heavy atom. The predicted octanol–water partition coefficient (Wildman–Crippen LogP) is 6.21. The number of nitrogens with zero attached hydrogens (tertiary/aromatic N) is 4. The van der Waals surface area contributed by atoms with Crippen molar-refractivity contribution in [2.24, 2.45) is 5.41 Å². The first kappa shape index (κ1) is 33.3. The fraction of sp³-hybridized carbons (Fsp3) is 0.485. The minimum absolute atomic E-state index is 0.155. The molecule has 0 unspecified atom stereocenters. The number of aromatic nitrogens is 3. The molecule has 0 saturated carbocycles. The van der Waals surface area contributed by atoms with Crippen LogP contribution in [-0.4, -0.2) is 72.1 Å². The normalized spacial score (nSPS) is 16.2. The summed E-state index contributed by atoms with van der Waals surface area (Å²) in [4.78, 5) is 23.3. The Morgan fingerprint density at radius 2 is 1.89 bits per heavy atom. The lowest BCUT2D eigenvalue weighted by atomic mass is 9.84. The Balaban J connectivity index is 1.62. The van der Waals surface area contributed by atoms with Gasteiger partial charge in [0.15, 0.2) is 9.84 Å². The fourth-order valence-electron chi connectivity index (χ4n) is 5.90. The van der Waals surface area contributed by atoms with Crippen LogP contribution < -0.4 is 0 Å². The first-order chi connectivity index (χ1) is 21.3. The van der Waals surface area contributed by atoms with Crippen LogP contribution in [0.15, 0.2) is 45.5 Å². The van der Waals surface area contributed by atoms with Crippen molar-refractivity contribution in [2.75, 3.05) is 38.3 Å². The molecule has 4 aromatic rings. The summed E-state index contributed by atoms with van der Waals surface area (Å²) < 4.78 is 44.5. The second-order valence-electron chi connectivity index (χ2n) is 12.4. The molecule has 1 aliphatic heterocycles. The monoisotopic (exact) mass is 700 g/mol. The minimum atomic E-state index is -2.96. The van der Waals surface area contributed by atoms with Crippen molar-refractivity contribution in [2.45, 2.75) is 60.2 Å². The zero-order chi connectivity index (χ0) is 32.5. The lowest BCUT2D eigenvalue weighted by molar-refractivity contribution is -0.143. The van der Waals surface area contributed by atoms with E-state index in [-0.39, 0.29) is 35.6 Å². The molecule has 10 nitrogen and oxygen atoms in total. The third-order valence-corrected chi connectivity index (χ3v) is 10.4. The SMILES string of the molecule is CCn1c(-c2cc(-c3ncc(CN4CCS(=O)(=O)CC4)o3)cnc2[C@H](C)OC)c(CC(C)(C)COC(C)=O)c2cc(Br)ccc21. The van der Waals surface area contributed by atoms with E-state index in [1.54, 1.807) is 19.5 Å². The zero-order valence-corrected chi connectivity index (χ0v) is 29.1. The number of hydrogen-bond acceptors (Lipinski definition) is 9. The van der Waals surface area contributed by atoms with Gasteiger partial charge in [0.25, 0.3) is 0 Å². The molecule has 1 aliphatic rings. The molecule has 242 valence electrons. The van der Waals surface area contributed by atoms with Gasteiger partial charge in [0.05, 0.1) is 53.9 Å². The molecule has 45 heavy (non-hydrogen) atoms. The molecule has 0 aliphatic carbocycles. The molecule has 1 fully saturated rings. The maximum absolute atomic E-state index is 11.9. The van der Waals surface area contributed by atoms with E-state index in [4.69, 9.17) is 18.9 Å². The van der Waals surface area contributed by atoms with Gasteiger partial charge >= 0.3 is 5.97 Å². The maximum Gasteiger partial charge on any atom is 0.302 e. The van der Waals surface area contributed by atoms with Gasteiger partial charge in [-0.05, 0) is 50.1 Å². The second-order valence-corrected chi connectivity index (χ2v) is 15.7. The summed E-state index contributed by atoms with van der Waals surface area (Å²) in [5, 5.41) is 1.11. The molecule has 1 saturated heterocycles. The van der Waals surface area contributed by atoms with E-state index < -0.39 is 9.84 Å². The summed E-state index contributed by atoms with van der Waals surface area (Å²) in [6, 6.07) is 8.38. The number of rotatable bonds is 11. The first-order valence-electron chi connectivity index (χ1n) is 15.2. The molecule has 0 bridgehead atoms. The molecule has 1 atom stereocenters. The zero-order valence-electron chi connectivity index (χ0n) is 26.7. The highest BCUT2D eigenvalue weighted by molar-refractivity contribution is 9.10. The molecule has 5 rings (SSSR count). The van der Waals surface area contributed by atoms with Crippen molar-refractivity contribution in [1.82, 2.24) is 19.4 Å². The van der Waals surface area contributed by atoms with Crippen molar-refractivity contribution in [1.29, 1.82) is 0 Å². The number of carbonyl (C=O) groups excluding carboxylic acids is 1. The lowest BCUT2D eigenvalue weighted by Gasteiger charge is -2.25. The topological polar surface area (TPSA) is 117 Å². The van der Waals surface area contributed by atoms with Crippen molar-refractivity contribution in [3.8, 4) is 22.7 Å². The number of oxazole rings is 1. The van der Waals surface area contributed by atoms with E-state index >= 15 is 0 Å². The summed E-state index contributed by atoms with van der Waals surface area (Å²) in [5.41, 5.74) is 5.33. The number of benzene rings is 1. The van der Waals surface area contributed by atoms with Crippen LogP contribution in [0.2, 0.25) is 0 Å². The quantitative estimate of drug-likeness (QED) is 0.168. The van der Waals surface area contributed by atoms with Crippen molar-refractivity contribution >= 4 is 42.6 Å². The Labute approximate surface area is 273 Å². The molecule has 1 aromatic carbocycles. The molecule has 3 aromatic heterocycles. The molecular weight excluding hydrogens is 660 g/mol. The number of pyridine rings is 1. The standard InChI is InChI=1S/C33H41BrN4O6S/c1-7-38-29-9-8-24(34)15-26(29)28(16-33(4,5)20-43-22(3)39)31(38)27-14-23(17-35-30(27)21(2)42-6)32-36-18-25(44-32)19-37-10-12-45(40,41)13-11-37/h8-9,14-15,17-18,21H,7,10-13,16,19-20H2,1-6H3/t21-/m0/s1. The van der Waals surface area contributed by atoms with Crippen LogP contribution in [0.5, 0.6) is 0 Å². The predicted molar refractivity (Wildman–Crippen MR) is 178 cm³/mol. The average Bonchev–Trinajstić information content (AvgIpc) is 3.58. The number of halogens is 1. The van der Waals surface area contributed by atoms with E-state index in [0.29, 0.717) is 37.7 Å². The van der Waals surface area contributed by atoms with Crippen molar-refractivity contribution in [3.05, 3.63) is 58.1 Å². The van der Waals surface area contributed by atoms with Gasteiger partial charge in [-0.1, -0.05) is 29.8 Å². The Bertz CT molecular complexity index is 1800. The third kappa shape index (κ3) is 7.51. The molecule has 0 amide bonds. The van der Waals surface area contributed by atoms with Gasteiger partial charge in [-0.25, -0.2) is 13.4 Å². The van der Waals surface area contributed by atoms with E-state index in [9.17, 15) is 13.2 Å². The maximum atomic E-state index is 11.9. The number of esters is 1. The molecule has 0 spiro atoms. The molecule has 12 heteroatoms. The van der Waals surface area contributed by atoms with Crippen molar-refractivity contribution in [3.63, 3.8) is 0 Å². The highest BCUT2D eigenvalue weighted by atomic mass is 79.9. The van der Waals surface area contributed by atoms with Crippen LogP contribution in [0.1, 0.15) is 57.7 Å². The number of fused-ring (bicyclic) bond motifs is 1. The van der Waals surface area contributed by atoms with Gasteiger partial charge < -0.3 is 18.5 Å². The highest BCUT2D eigenvalue weighted by Gasteiger charge is 2.30. The molecule has 0 N–H and O–H groups in total.